The fourth-order valence-electron chi connectivity index (χ4n) is 2.19. The maximum atomic E-state index is 5.97. The molecule has 0 bridgehead atoms. The van der Waals surface area contributed by atoms with E-state index < -0.39 is 0 Å². The first-order chi connectivity index (χ1) is 8.06. The second-order valence-electron chi connectivity index (χ2n) is 4.92. The highest BCUT2D eigenvalue weighted by atomic mass is 79.9. The molecular formula is C14H18BrNO. The van der Waals surface area contributed by atoms with Gasteiger partial charge >= 0.3 is 0 Å². The molecular weight excluding hydrogens is 278 g/mol. The Morgan fingerprint density at radius 2 is 2.24 bits per heavy atom. The first-order valence-corrected chi connectivity index (χ1v) is 6.84. The van der Waals surface area contributed by atoms with Gasteiger partial charge in [-0.25, -0.2) is 4.98 Å². The summed E-state index contributed by atoms with van der Waals surface area (Å²) in [5, 5.41) is 0. The molecule has 0 N–H and O–H groups in total. The van der Waals surface area contributed by atoms with Crippen molar-refractivity contribution in [2.45, 2.75) is 39.2 Å². The number of halogens is 1. The van der Waals surface area contributed by atoms with E-state index in [9.17, 15) is 0 Å². The summed E-state index contributed by atoms with van der Waals surface area (Å²) in [4.78, 5) is 4.43. The molecule has 0 aliphatic heterocycles. The molecule has 0 radical (unpaired) electrons. The van der Waals surface area contributed by atoms with E-state index in [1.807, 2.05) is 19.1 Å². The molecule has 1 fully saturated rings. The van der Waals surface area contributed by atoms with Crippen molar-refractivity contribution in [3.8, 4) is 5.75 Å². The summed E-state index contributed by atoms with van der Waals surface area (Å²) in [6, 6.07) is 3.94. The van der Waals surface area contributed by atoms with Crippen LogP contribution in [0.2, 0.25) is 0 Å². The van der Waals surface area contributed by atoms with E-state index in [0.29, 0.717) is 6.10 Å². The second kappa shape index (κ2) is 5.21. The van der Waals surface area contributed by atoms with Crippen LogP contribution in [0.1, 0.15) is 38.8 Å². The molecule has 17 heavy (non-hydrogen) atoms. The van der Waals surface area contributed by atoms with Crippen LogP contribution in [-0.4, -0.2) is 11.1 Å². The van der Waals surface area contributed by atoms with Crippen LogP contribution >= 0.6 is 15.9 Å². The number of rotatable bonds is 3. The van der Waals surface area contributed by atoms with Crippen LogP contribution in [0.3, 0.4) is 0 Å². The van der Waals surface area contributed by atoms with E-state index in [2.05, 4.69) is 34.4 Å². The van der Waals surface area contributed by atoms with E-state index >= 15 is 0 Å². The third kappa shape index (κ3) is 3.09. The van der Waals surface area contributed by atoms with Crippen LogP contribution in [0.25, 0.3) is 5.57 Å². The first kappa shape index (κ1) is 12.6. The SMILES string of the molecule is C=C(C)c1ccc(O[C@@H]2CC[C@H](C)C2)c(Br)n1. The van der Waals surface area contributed by atoms with Gasteiger partial charge < -0.3 is 4.74 Å². The Morgan fingerprint density at radius 3 is 2.76 bits per heavy atom. The number of hydrogen-bond donors (Lipinski definition) is 0. The van der Waals surface area contributed by atoms with Crippen molar-refractivity contribution in [1.29, 1.82) is 0 Å². The van der Waals surface area contributed by atoms with Crippen LogP contribution in [0, 0.1) is 5.92 Å². The maximum absolute atomic E-state index is 5.97. The summed E-state index contributed by atoms with van der Waals surface area (Å²) in [6.45, 7) is 8.12. The molecule has 3 heteroatoms. The smallest absolute Gasteiger partial charge is 0.152 e. The van der Waals surface area contributed by atoms with E-state index in [0.717, 1.165) is 40.4 Å². The van der Waals surface area contributed by atoms with Gasteiger partial charge in [-0.15, -0.1) is 0 Å². The van der Waals surface area contributed by atoms with Gasteiger partial charge in [-0.1, -0.05) is 13.5 Å². The molecule has 2 nitrogen and oxygen atoms in total. The molecule has 0 spiro atoms. The third-order valence-corrected chi connectivity index (χ3v) is 3.76. The largest absolute Gasteiger partial charge is 0.488 e. The molecule has 0 aromatic carbocycles. The van der Waals surface area contributed by atoms with Gasteiger partial charge in [0.1, 0.15) is 4.60 Å². The monoisotopic (exact) mass is 295 g/mol. The molecule has 2 atom stereocenters. The fraction of sp³-hybridized carbons (Fsp3) is 0.500. The average Bonchev–Trinajstić information content (AvgIpc) is 2.67. The van der Waals surface area contributed by atoms with Crippen LogP contribution in [0.4, 0.5) is 0 Å². The van der Waals surface area contributed by atoms with Gasteiger partial charge in [-0.05, 0) is 65.7 Å². The molecule has 92 valence electrons. The number of nitrogens with zero attached hydrogens (tertiary/aromatic N) is 1. The zero-order valence-corrected chi connectivity index (χ0v) is 12.0. The molecule has 1 aliphatic rings. The lowest BCUT2D eigenvalue weighted by molar-refractivity contribution is 0.203. The Bertz CT molecular complexity index is 430. The minimum atomic E-state index is 0.346. The van der Waals surface area contributed by atoms with Crippen LogP contribution in [0.5, 0.6) is 5.75 Å². The minimum absolute atomic E-state index is 0.346. The number of hydrogen-bond acceptors (Lipinski definition) is 2. The van der Waals surface area contributed by atoms with Gasteiger partial charge in [0.15, 0.2) is 5.75 Å². The Morgan fingerprint density at radius 1 is 1.47 bits per heavy atom. The average molecular weight is 296 g/mol. The topological polar surface area (TPSA) is 22.1 Å². The molecule has 2 rings (SSSR count). The summed E-state index contributed by atoms with van der Waals surface area (Å²) < 4.78 is 6.75. The number of allylic oxidation sites excluding steroid dienone is 1. The quantitative estimate of drug-likeness (QED) is 0.769. The Balaban J connectivity index is 2.09. The van der Waals surface area contributed by atoms with Crippen molar-refractivity contribution in [3.63, 3.8) is 0 Å². The minimum Gasteiger partial charge on any atom is -0.488 e. The summed E-state index contributed by atoms with van der Waals surface area (Å²) >= 11 is 3.46. The van der Waals surface area contributed by atoms with Gasteiger partial charge in [-0.3, -0.25) is 0 Å². The highest BCUT2D eigenvalue weighted by Gasteiger charge is 2.23. The number of aromatic nitrogens is 1. The highest BCUT2D eigenvalue weighted by Crippen LogP contribution is 2.32. The number of ether oxygens (including phenoxy) is 1. The van der Waals surface area contributed by atoms with Crippen molar-refractivity contribution in [2.24, 2.45) is 5.92 Å². The van der Waals surface area contributed by atoms with Crippen molar-refractivity contribution in [2.75, 3.05) is 0 Å². The molecule has 1 aliphatic carbocycles. The van der Waals surface area contributed by atoms with Crippen LogP contribution < -0.4 is 4.74 Å². The van der Waals surface area contributed by atoms with Gasteiger partial charge in [0.05, 0.1) is 11.8 Å². The van der Waals surface area contributed by atoms with Crippen molar-refractivity contribution < 1.29 is 4.74 Å². The van der Waals surface area contributed by atoms with Gasteiger partial charge in [0, 0.05) is 0 Å². The van der Waals surface area contributed by atoms with Crippen molar-refractivity contribution >= 4 is 21.5 Å². The lowest BCUT2D eigenvalue weighted by Crippen LogP contribution is -2.12. The zero-order chi connectivity index (χ0) is 12.4. The van der Waals surface area contributed by atoms with Gasteiger partial charge in [0.25, 0.3) is 0 Å². The lowest BCUT2D eigenvalue weighted by Gasteiger charge is -2.15. The summed E-state index contributed by atoms with van der Waals surface area (Å²) in [6.07, 6.45) is 3.91. The summed E-state index contributed by atoms with van der Waals surface area (Å²) in [7, 11) is 0. The highest BCUT2D eigenvalue weighted by molar-refractivity contribution is 9.10. The molecule has 1 aromatic rings. The first-order valence-electron chi connectivity index (χ1n) is 6.05. The Labute approximate surface area is 111 Å². The molecule has 1 aromatic heterocycles. The van der Waals surface area contributed by atoms with Gasteiger partial charge in [0.2, 0.25) is 0 Å². The van der Waals surface area contributed by atoms with E-state index in [4.69, 9.17) is 4.74 Å². The zero-order valence-electron chi connectivity index (χ0n) is 10.4. The molecule has 0 saturated heterocycles. The van der Waals surface area contributed by atoms with Gasteiger partial charge in [-0.2, -0.15) is 0 Å². The molecule has 1 heterocycles. The molecule has 0 amide bonds. The Hall–Kier alpha value is -0.830. The summed E-state index contributed by atoms with van der Waals surface area (Å²) in [5.41, 5.74) is 1.87. The molecule has 0 unspecified atom stereocenters. The molecule has 1 saturated carbocycles. The normalized spacial score (nSPS) is 23.7. The Kier molecular flexibility index (Phi) is 3.87. The maximum Gasteiger partial charge on any atom is 0.152 e. The van der Waals surface area contributed by atoms with Crippen LogP contribution in [-0.2, 0) is 0 Å². The predicted octanol–water partition coefficient (Wildman–Crippen LogP) is 4.44. The van der Waals surface area contributed by atoms with Crippen molar-refractivity contribution in [3.05, 3.63) is 29.0 Å². The second-order valence-corrected chi connectivity index (χ2v) is 5.67. The summed E-state index contributed by atoms with van der Waals surface area (Å²) in [5.74, 6) is 1.62. The van der Waals surface area contributed by atoms with Crippen molar-refractivity contribution in [1.82, 2.24) is 4.98 Å². The van der Waals surface area contributed by atoms with E-state index in [-0.39, 0.29) is 0 Å². The fourth-order valence-corrected chi connectivity index (χ4v) is 2.61. The number of pyridine rings is 1. The lowest BCUT2D eigenvalue weighted by atomic mass is 10.1. The predicted molar refractivity (Wildman–Crippen MR) is 74.1 cm³/mol. The van der Waals surface area contributed by atoms with Crippen LogP contribution in [0.15, 0.2) is 23.3 Å². The van der Waals surface area contributed by atoms with E-state index in [1.165, 1.54) is 6.42 Å². The third-order valence-electron chi connectivity index (χ3n) is 3.19. The standard InChI is InChI=1S/C14H18BrNO/c1-9(2)12-6-7-13(14(15)16-12)17-11-5-4-10(3)8-11/h6-7,10-11H,1,4-5,8H2,2-3H3/t10-,11+/m0/s1. The van der Waals surface area contributed by atoms with E-state index in [1.54, 1.807) is 0 Å².